The van der Waals surface area contributed by atoms with Crippen LogP contribution in [0.1, 0.15) is 19.9 Å². The molecule has 0 aromatic carbocycles. The first-order valence-electron chi connectivity index (χ1n) is 4.28. The van der Waals surface area contributed by atoms with Crippen molar-refractivity contribution in [2.45, 2.75) is 19.9 Å². The molecule has 3 nitrogen and oxygen atoms in total. The van der Waals surface area contributed by atoms with Gasteiger partial charge in [0.1, 0.15) is 5.52 Å². The molecular formula is C9H9Cl2N3. The minimum Gasteiger partial charge on any atom is -0.297 e. The summed E-state index contributed by atoms with van der Waals surface area (Å²) in [4.78, 5) is 8.38. The Morgan fingerprint density at radius 1 is 1.36 bits per heavy atom. The smallest absolute Gasteiger partial charge is 0.205 e. The van der Waals surface area contributed by atoms with Gasteiger partial charge < -0.3 is 0 Å². The molecule has 0 radical (unpaired) electrons. The van der Waals surface area contributed by atoms with E-state index in [1.54, 1.807) is 12.3 Å². The number of rotatable bonds is 1. The first kappa shape index (κ1) is 9.74. The predicted octanol–water partition coefficient (Wildman–Crippen LogP) is 3.32. The van der Waals surface area contributed by atoms with E-state index in [9.17, 15) is 0 Å². The second kappa shape index (κ2) is 3.41. The molecule has 74 valence electrons. The summed E-state index contributed by atoms with van der Waals surface area (Å²) in [7, 11) is 0. The maximum atomic E-state index is 5.98. The number of hydrogen-bond donors (Lipinski definition) is 0. The Morgan fingerprint density at radius 3 is 2.71 bits per heavy atom. The van der Waals surface area contributed by atoms with Crippen molar-refractivity contribution in [2.24, 2.45) is 0 Å². The lowest BCUT2D eigenvalue weighted by Crippen LogP contribution is -2.01. The molecule has 2 heterocycles. The SMILES string of the molecule is CC(C)n1c(Cl)nc2cc(Cl)cnc21. The fraction of sp³-hybridized carbons (Fsp3) is 0.333. The first-order valence-corrected chi connectivity index (χ1v) is 5.04. The molecule has 0 aliphatic rings. The number of hydrogen-bond acceptors (Lipinski definition) is 2. The van der Waals surface area contributed by atoms with Gasteiger partial charge in [-0.05, 0) is 31.5 Å². The van der Waals surface area contributed by atoms with Crippen LogP contribution in [0.3, 0.4) is 0 Å². The molecule has 0 saturated heterocycles. The molecular weight excluding hydrogens is 221 g/mol. The molecule has 0 unspecified atom stereocenters. The molecule has 0 fully saturated rings. The minimum atomic E-state index is 0.237. The summed E-state index contributed by atoms with van der Waals surface area (Å²) in [5.74, 6) is 0. The number of aromatic nitrogens is 3. The summed E-state index contributed by atoms with van der Waals surface area (Å²) < 4.78 is 1.87. The Labute approximate surface area is 91.7 Å². The monoisotopic (exact) mass is 229 g/mol. The molecule has 2 rings (SSSR count). The van der Waals surface area contributed by atoms with Crippen LogP contribution in [0.25, 0.3) is 11.2 Å². The minimum absolute atomic E-state index is 0.237. The lowest BCUT2D eigenvalue weighted by Gasteiger charge is -2.07. The van der Waals surface area contributed by atoms with Crippen LogP contribution >= 0.6 is 23.2 Å². The van der Waals surface area contributed by atoms with Crippen molar-refractivity contribution in [3.63, 3.8) is 0 Å². The number of halogens is 2. The molecule has 0 atom stereocenters. The van der Waals surface area contributed by atoms with Gasteiger partial charge in [-0.3, -0.25) is 4.57 Å². The van der Waals surface area contributed by atoms with E-state index in [1.807, 2.05) is 18.4 Å². The van der Waals surface area contributed by atoms with Gasteiger partial charge in [0.15, 0.2) is 5.65 Å². The second-order valence-electron chi connectivity index (χ2n) is 3.34. The molecule has 14 heavy (non-hydrogen) atoms. The number of pyridine rings is 1. The highest BCUT2D eigenvalue weighted by Crippen LogP contribution is 2.24. The van der Waals surface area contributed by atoms with Crippen molar-refractivity contribution >= 4 is 34.4 Å². The third kappa shape index (κ3) is 1.47. The van der Waals surface area contributed by atoms with Gasteiger partial charge in [0, 0.05) is 12.2 Å². The summed E-state index contributed by atoms with van der Waals surface area (Å²) in [5.41, 5.74) is 1.51. The molecule has 0 spiro atoms. The number of nitrogens with zero attached hydrogens (tertiary/aromatic N) is 3. The van der Waals surface area contributed by atoms with Crippen LogP contribution < -0.4 is 0 Å². The van der Waals surface area contributed by atoms with Gasteiger partial charge in [-0.2, -0.15) is 0 Å². The quantitative estimate of drug-likeness (QED) is 0.752. The van der Waals surface area contributed by atoms with E-state index in [1.165, 1.54) is 0 Å². The third-order valence-corrected chi connectivity index (χ3v) is 2.44. The van der Waals surface area contributed by atoms with Gasteiger partial charge in [-0.25, -0.2) is 9.97 Å². The Kier molecular flexibility index (Phi) is 2.37. The van der Waals surface area contributed by atoms with E-state index in [2.05, 4.69) is 9.97 Å². The largest absolute Gasteiger partial charge is 0.297 e. The average molecular weight is 230 g/mol. The predicted molar refractivity (Wildman–Crippen MR) is 57.9 cm³/mol. The highest BCUT2D eigenvalue weighted by molar-refractivity contribution is 6.31. The normalized spacial score (nSPS) is 11.5. The van der Waals surface area contributed by atoms with E-state index in [-0.39, 0.29) is 6.04 Å². The molecule has 5 heteroatoms. The molecule has 0 aliphatic heterocycles. The van der Waals surface area contributed by atoms with Crippen LogP contribution in [-0.4, -0.2) is 14.5 Å². The molecule has 2 aromatic rings. The van der Waals surface area contributed by atoms with E-state index < -0.39 is 0 Å². The van der Waals surface area contributed by atoms with Gasteiger partial charge in [0.05, 0.1) is 5.02 Å². The molecule has 0 aliphatic carbocycles. The van der Waals surface area contributed by atoms with Crippen molar-refractivity contribution in [2.75, 3.05) is 0 Å². The average Bonchev–Trinajstić information content (AvgIpc) is 2.39. The molecule has 0 N–H and O–H groups in total. The van der Waals surface area contributed by atoms with Crippen LogP contribution in [0.5, 0.6) is 0 Å². The third-order valence-electron chi connectivity index (χ3n) is 1.97. The van der Waals surface area contributed by atoms with Crippen LogP contribution in [0.15, 0.2) is 12.3 Å². The lowest BCUT2D eigenvalue weighted by atomic mass is 10.4. The van der Waals surface area contributed by atoms with Crippen molar-refractivity contribution in [3.05, 3.63) is 22.6 Å². The highest BCUT2D eigenvalue weighted by Gasteiger charge is 2.12. The van der Waals surface area contributed by atoms with Crippen molar-refractivity contribution in [1.29, 1.82) is 0 Å². The van der Waals surface area contributed by atoms with Gasteiger partial charge in [-0.15, -0.1) is 0 Å². The zero-order valence-corrected chi connectivity index (χ0v) is 9.34. The molecule has 0 bridgehead atoms. The molecule has 0 saturated carbocycles. The fourth-order valence-electron chi connectivity index (χ4n) is 1.39. The van der Waals surface area contributed by atoms with Crippen molar-refractivity contribution < 1.29 is 0 Å². The van der Waals surface area contributed by atoms with E-state index >= 15 is 0 Å². The first-order chi connectivity index (χ1) is 6.59. The zero-order valence-electron chi connectivity index (χ0n) is 7.83. The van der Waals surface area contributed by atoms with Crippen LogP contribution in [0, 0.1) is 0 Å². The van der Waals surface area contributed by atoms with Crippen LogP contribution in [0.4, 0.5) is 0 Å². The lowest BCUT2D eigenvalue weighted by molar-refractivity contribution is 0.614. The molecule has 2 aromatic heterocycles. The summed E-state index contributed by atoms with van der Waals surface area (Å²) in [6, 6.07) is 2.00. The van der Waals surface area contributed by atoms with Gasteiger partial charge >= 0.3 is 0 Å². The van der Waals surface area contributed by atoms with Gasteiger partial charge in [0.25, 0.3) is 0 Å². The molecule has 0 amide bonds. The van der Waals surface area contributed by atoms with Crippen molar-refractivity contribution in [3.8, 4) is 0 Å². The maximum absolute atomic E-state index is 5.98. The van der Waals surface area contributed by atoms with Crippen LogP contribution in [-0.2, 0) is 0 Å². The number of imidazole rings is 1. The second-order valence-corrected chi connectivity index (χ2v) is 4.12. The summed E-state index contributed by atoms with van der Waals surface area (Å²) >= 11 is 11.8. The fourth-order valence-corrected chi connectivity index (χ4v) is 1.91. The standard InChI is InChI=1S/C9H9Cl2N3/c1-5(2)14-8-7(13-9(14)11)3-6(10)4-12-8/h3-5H,1-2H3. The Bertz CT molecular complexity index is 476. The summed E-state index contributed by atoms with van der Waals surface area (Å²) in [5, 5.41) is 1.02. The Morgan fingerprint density at radius 2 is 2.07 bits per heavy atom. The van der Waals surface area contributed by atoms with E-state index in [4.69, 9.17) is 23.2 Å². The van der Waals surface area contributed by atoms with Gasteiger partial charge in [0.2, 0.25) is 5.28 Å². The van der Waals surface area contributed by atoms with E-state index in [0.29, 0.717) is 10.3 Å². The maximum Gasteiger partial charge on any atom is 0.205 e. The highest BCUT2D eigenvalue weighted by atomic mass is 35.5. The summed E-state index contributed by atoms with van der Waals surface area (Å²) in [6.45, 7) is 4.06. The van der Waals surface area contributed by atoms with Gasteiger partial charge in [-0.1, -0.05) is 11.6 Å². The summed E-state index contributed by atoms with van der Waals surface area (Å²) in [6.07, 6.45) is 1.60. The zero-order chi connectivity index (χ0) is 10.3. The number of fused-ring (bicyclic) bond motifs is 1. The Balaban J connectivity index is 2.77. The van der Waals surface area contributed by atoms with Crippen LogP contribution in [0.2, 0.25) is 10.3 Å². The van der Waals surface area contributed by atoms with E-state index in [0.717, 1.165) is 11.2 Å². The Hall–Kier alpha value is -0.800. The van der Waals surface area contributed by atoms with Crippen molar-refractivity contribution in [1.82, 2.24) is 14.5 Å². The topological polar surface area (TPSA) is 30.7 Å².